The first kappa shape index (κ1) is 32.4. The molecule has 1 aliphatic heterocycles. The van der Waals surface area contributed by atoms with Gasteiger partial charge in [-0.25, -0.2) is 4.79 Å². The van der Waals surface area contributed by atoms with E-state index in [0.29, 0.717) is 29.8 Å². The fourth-order valence-corrected chi connectivity index (χ4v) is 9.04. The minimum Gasteiger partial charge on any atom is -0.504 e. The Labute approximate surface area is 298 Å². The molecule has 3 aliphatic rings. The molecule has 3 aromatic carbocycles. The Balaban J connectivity index is 1.33. The van der Waals surface area contributed by atoms with Crippen LogP contribution in [0.4, 0.5) is 0 Å². The first-order valence-corrected chi connectivity index (χ1v) is 18.3. The molecule has 50 heavy (non-hydrogen) atoms. The first-order chi connectivity index (χ1) is 24.4. The fourth-order valence-electron chi connectivity index (χ4n) is 8.69. The van der Waals surface area contributed by atoms with E-state index in [0.717, 1.165) is 49.8 Å². The number of benzene rings is 3. The van der Waals surface area contributed by atoms with E-state index in [1.807, 2.05) is 26.0 Å². The van der Waals surface area contributed by atoms with Gasteiger partial charge in [0.2, 0.25) is 0 Å². The molecule has 1 atom stereocenters. The van der Waals surface area contributed by atoms with E-state index in [2.05, 4.69) is 67.5 Å². The summed E-state index contributed by atoms with van der Waals surface area (Å²) in [6.07, 6.45) is 8.78. The lowest BCUT2D eigenvalue weighted by atomic mass is 9.93. The maximum absolute atomic E-state index is 14.2. The topological polar surface area (TPSA) is 72.1 Å². The molecule has 2 aromatic heterocycles. The number of hydrogen-bond acceptors (Lipinski definition) is 5. The second kappa shape index (κ2) is 13.2. The highest BCUT2D eigenvalue weighted by molar-refractivity contribution is 7.80. The van der Waals surface area contributed by atoms with Crippen LogP contribution in [0.15, 0.2) is 78.0 Å². The summed E-state index contributed by atoms with van der Waals surface area (Å²) in [5.41, 5.74) is 9.98. The zero-order valence-electron chi connectivity index (χ0n) is 29.1. The van der Waals surface area contributed by atoms with Crippen LogP contribution in [0.1, 0.15) is 73.7 Å². The van der Waals surface area contributed by atoms with Crippen molar-refractivity contribution in [2.24, 2.45) is 0 Å². The monoisotopic (exact) mass is 688 g/mol. The van der Waals surface area contributed by atoms with Gasteiger partial charge in [0.15, 0.2) is 16.6 Å². The van der Waals surface area contributed by atoms with Crippen molar-refractivity contribution < 1.29 is 19.4 Å². The summed E-state index contributed by atoms with van der Waals surface area (Å²) in [6, 6.07) is 22.0. The van der Waals surface area contributed by atoms with Crippen molar-refractivity contribution in [3.63, 3.8) is 0 Å². The number of esters is 1. The fraction of sp³-hybridized carbons (Fsp3) is 0.366. The summed E-state index contributed by atoms with van der Waals surface area (Å²) < 4.78 is 16.2. The van der Waals surface area contributed by atoms with Crippen LogP contribution in [-0.4, -0.2) is 48.8 Å². The SMILES string of the molecule is CCOC(=O)C1=C(C)N(Cn2c3c(c4ccccc42)CCCC3)C(=S)N(Cn2c3c(c4ccccc42)CCCC3)C1c1ccc(O)c(OC)c1. The average molecular weight is 689 g/mol. The molecule has 0 radical (unpaired) electrons. The molecule has 0 spiro atoms. The van der Waals surface area contributed by atoms with E-state index >= 15 is 0 Å². The Morgan fingerprint density at radius 1 is 0.840 bits per heavy atom. The minimum atomic E-state index is -0.581. The summed E-state index contributed by atoms with van der Waals surface area (Å²) in [5, 5.41) is 13.8. The van der Waals surface area contributed by atoms with Gasteiger partial charge in [-0.15, -0.1) is 0 Å². The maximum Gasteiger partial charge on any atom is 0.338 e. The molecule has 8 rings (SSSR count). The molecule has 258 valence electrons. The Bertz CT molecular complexity index is 2180. The van der Waals surface area contributed by atoms with Gasteiger partial charge >= 0.3 is 5.97 Å². The van der Waals surface area contributed by atoms with Crippen LogP contribution < -0.4 is 4.74 Å². The Morgan fingerprint density at radius 3 is 2.02 bits per heavy atom. The van der Waals surface area contributed by atoms with Gasteiger partial charge in [0, 0.05) is 27.9 Å². The van der Waals surface area contributed by atoms with Gasteiger partial charge < -0.3 is 33.5 Å². The van der Waals surface area contributed by atoms with E-state index in [4.69, 9.17) is 21.7 Å². The Kier molecular flexibility index (Phi) is 8.55. The first-order valence-electron chi connectivity index (χ1n) is 17.9. The lowest BCUT2D eigenvalue weighted by molar-refractivity contribution is -0.139. The predicted molar refractivity (Wildman–Crippen MR) is 200 cm³/mol. The van der Waals surface area contributed by atoms with Crippen LogP contribution in [0.5, 0.6) is 11.5 Å². The van der Waals surface area contributed by atoms with Crippen molar-refractivity contribution in [3.8, 4) is 11.5 Å². The normalized spacial score (nSPS) is 17.7. The number of hydrogen-bond donors (Lipinski definition) is 1. The summed E-state index contributed by atoms with van der Waals surface area (Å²) in [4.78, 5) is 18.6. The lowest BCUT2D eigenvalue weighted by Crippen LogP contribution is -2.51. The molecule has 8 nitrogen and oxygen atoms in total. The molecule has 1 N–H and O–H groups in total. The van der Waals surface area contributed by atoms with Crippen molar-refractivity contribution in [2.75, 3.05) is 13.7 Å². The minimum absolute atomic E-state index is 0.0379. The number of thiocarbonyl (C=S) groups is 1. The molecule has 0 amide bonds. The quantitative estimate of drug-likeness (QED) is 0.130. The molecule has 0 saturated carbocycles. The number of phenols is 1. The number of phenolic OH excluding ortho intramolecular Hbond substituents is 1. The number of carbonyl (C=O) groups excluding carboxylic acids is 1. The number of aryl methyl sites for hydroxylation is 2. The third-order valence-corrected chi connectivity index (χ3v) is 11.5. The van der Waals surface area contributed by atoms with Crippen LogP contribution >= 0.6 is 12.2 Å². The molecule has 9 heteroatoms. The molecular weight excluding hydrogens is 645 g/mol. The number of nitrogens with zero attached hydrogens (tertiary/aromatic N) is 4. The number of aromatic nitrogens is 2. The molecule has 0 saturated heterocycles. The van der Waals surface area contributed by atoms with Gasteiger partial charge in [-0.3, -0.25) is 0 Å². The summed E-state index contributed by atoms with van der Waals surface area (Å²) >= 11 is 6.55. The second-order valence-corrected chi connectivity index (χ2v) is 14.0. The third kappa shape index (κ3) is 5.25. The highest BCUT2D eigenvalue weighted by atomic mass is 32.1. The standard InChI is InChI=1S/C41H44N4O4S/c1-4-49-40(47)38-26(2)42(24-43-32-17-9-5-13-28(32)29-14-6-10-18-33(29)43)41(50)45(39(38)27-21-22-36(46)37(23-27)48-3)25-44-34-19-11-7-15-30(34)31-16-8-12-20-35(31)44/h5,7,9,11,13,15,17,19,21-23,39,46H,4,6,8,10,12,14,16,18,20,24-25H2,1-3H3. The molecule has 3 heterocycles. The average Bonchev–Trinajstić information content (AvgIpc) is 3.63. The number of para-hydroxylation sites is 2. The van der Waals surface area contributed by atoms with Crippen molar-refractivity contribution in [3.05, 3.63) is 106 Å². The van der Waals surface area contributed by atoms with Gasteiger partial charge in [0.25, 0.3) is 0 Å². The van der Waals surface area contributed by atoms with Crippen LogP contribution in [0, 0.1) is 0 Å². The molecule has 2 aliphatic carbocycles. The number of aromatic hydroxyl groups is 1. The van der Waals surface area contributed by atoms with Gasteiger partial charge in [-0.05, 0) is 118 Å². The molecule has 5 aromatic rings. The largest absolute Gasteiger partial charge is 0.504 e. The van der Waals surface area contributed by atoms with E-state index in [1.54, 1.807) is 6.07 Å². The Morgan fingerprint density at radius 2 is 1.42 bits per heavy atom. The number of rotatable bonds is 8. The summed E-state index contributed by atoms with van der Waals surface area (Å²) in [6.45, 7) is 5.00. The van der Waals surface area contributed by atoms with E-state index < -0.39 is 6.04 Å². The summed E-state index contributed by atoms with van der Waals surface area (Å²) in [7, 11) is 1.54. The van der Waals surface area contributed by atoms with Gasteiger partial charge in [-0.2, -0.15) is 0 Å². The zero-order valence-corrected chi connectivity index (χ0v) is 29.9. The Hall–Kier alpha value is -4.76. The van der Waals surface area contributed by atoms with Gasteiger partial charge in [0.1, 0.15) is 6.67 Å². The lowest BCUT2D eigenvalue weighted by Gasteiger charge is -2.46. The second-order valence-electron chi connectivity index (χ2n) is 13.7. The van der Waals surface area contributed by atoms with Crippen LogP contribution in [-0.2, 0) is 48.6 Å². The molecule has 0 bridgehead atoms. The molecular formula is C41H44N4O4S. The van der Waals surface area contributed by atoms with E-state index in [9.17, 15) is 9.90 Å². The third-order valence-electron chi connectivity index (χ3n) is 11.0. The highest BCUT2D eigenvalue weighted by Crippen LogP contribution is 2.43. The molecule has 1 unspecified atom stereocenters. The van der Waals surface area contributed by atoms with E-state index in [1.165, 1.54) is 64.3 Å². The predicted octanol–water partition coefficient (Wildman–Crippen LogP) is 8.16. The number of ether oxygens (including phenoxy) is 2. The smallest absolute Gasteiger partial charge is 0.338 e. The van der Waals surface area contributed by atoms with Crippen molar-refractivity contribution in [2.45, 2.75) is 84.6 Å². The van der Waals surface area contributed by atoms with E-state index in [-0.39, 0.29) is 18.3 Å². The number of fused-ring (bicyclic) bond motifs is 6. The van der Waals surface area contributed by atoms with Crippen molar-refractivity contribution in [1.29, 1.82) is 0 Å². The maximum atomic E-state index is 14.2. The van der Waals surface area contributed by atoms with Crippen LogP contribution in [0.3, 0.4) is 0 Å². The number of allylic oxidation sites excluding steroid dienone is 1. The van der Waals surface area contributed by atoms with Crippen LogP contribution in [0.25, 0.3) is 21.8 Å². The van der Waals surface area contributed by atoms with Gasteiger partial charge in [-0.1, -0.05) is 42.5 Å². The van der Waals surface area contributed by atoms with Crippen molar-refractivity contribution in [1.82, 2.24) is 18.9 Å². The number of methoxy groups -OCH3 is 1. The summed E-state index contributed by atoms with van der Waals surface area (Å²) in [5.74, 6) is 0.000140. The number of carbonyl (C=O) groups is 1. The zero-order chi connectivity index (χ0) is 34.5. The van der Waals surface area contributed by atoms with Gasteiger partial charge in [0.05, 0.1) is 43.0 Å². The van der Waals surface area contributed by atoms with Crippen molar-refractivity contribution >= 4 is 45.1 Å². The van der Waals surface area contributed by atoms with Crippen LogP contribution in [0.2, 0.25) is 0 Å². The molecule has 0 fully saturated rings. The highest BCUT2D eigenvalue weighted by Gasteiger charge is 2.42.